The van der Waals surface area contributed by atoms with Gasteiger partial charge in [-0.25, -0.2) is 0 Å². The third kappa shape index (κ3) is 4.73. The van der Waals surface area contributed by atoms with Crippen molar-refractivity contribution in [3.05, 3.63) is 30.5 Å². The third-order valence-corrected chi connectivity index (χ3v) is 4.18. The van der Waals surface area contributed by atoms with Crippen LogP contribution in [0.3, 0.4) is 0 Å². The van der Waals surface area contributed by atoms with Gasteiger partial charge in [0, 0.05) is 18.2 Å². The largest absolute Gasteiger partial charge is 0.492 e. The molecule has 0 aliphatic rings. The molecular formula is C21H30N2O3. The van der Waals surface area contributed by atoms with Crippen LogP contribution in [0.15, 0.2) is 30.5 Å². The zero-order valence-electron chi connectivity index (χ0n) is 16.5. The van der Waals surface area contributed by atoms with Crippen molar-refractivity contribution in [3.63, 3.8) is 0 Å². The lowest BCUT2D eigenvalue weighted by molar-refractivity contribution is -0.141. The van der Waals surface area contributed by atoms with Gasteiger partial charge in [-0.3, -0.25) is 9.78 Å². The minimum atomic E-state index is -0.864. The van der Waals surface area contributed by atoms with Crippen LogP contribution in [0.4, 0.5) is 5.69 Å². The molecule has 5 heteroatoms. The first-order valence-electron chi connectivity index (χ1n) is 9.37. The van der Waals surface area contributed by atoms with Gasteiger partial charge in [-0.1, -0.05) is 20.8 Å². The van der Waals surface area contributed by atoms with E-state index >= 15 is 0 Å². The Bertz CT molecular complexity index is 745. The molecule has 0 bridgehead atoms. The minimum Gasteiger partial charge on any atom is -0.492 e. The molecule has 0 aliphatic carbocycles. The Kier molecular flexibility index (Phi) is 6.98. The number of rotatable bonds is 9. The number of ether oxygens (including phenoxy) is 2. The van der Waals surface area contributed by atoms with Gasteiger partial charge in [0.15, 0.2) is 0 Å². The second-order valence-corrected chi connectivity index (χ2v) is 7.08. The maximum atomic E-state index is 13.0. The van der Waals surface area contributed by atoms with Crippen LogP contribution in [0.25, 0.3) is 10.9 Å². The number of hydrogen-bond donors (Lipinski definition) is 1. The van der Waals surface area contributed by atoms with Crippen molar-refractivity contribution in [1.29, 1.82) is 0 Å². The van der Waals surface area contributed by atoms with Crippen molar-refractivity contribution in [2.24, 2.45) is 5.92 Å². The molecule has 0 saturated heterocycles. The second-order valence-electron chi connectivity index (χ2n) is 7.08. The summed E-state index contributed by atoms with van der Waals surface area (Å²) in [5.41, 5.74) is 0.598. The summed E-state index contributed by atoms with van der Waals surface area (Å²) in [6.45, 7) is 11.2. The Morgan fingerprint density at radius 2 is 2.04 bits per heavy atom. The number of nitrogens with zero attached hydrogens (tertiary/aromatic N) is 1. The van der Waals surface area contributed by atoms with E-state index in [1.807, 2.05) is 45.0 Å². The molecule has 5 nitrogen and oxygen atoms in total. The molecule has 0 unspecified atom stereocenters. The number of fused-ring (bicyclic) bond motifs is 1. The fourth-order valence-electron chi connectivity index (χ4n) is 3.11. The van der Waals surface area contributed by atoms with E-state index in [1.54, 1.807) is 6.20 Å². The predicted octanol–water partition coefficient (Wildman–Crippen LogP) is 4.80. The zero-order chi connectivity index (χ0) is 19.2. The molecule has 0 aliphatic heterocycles. The fourth-order valence-corrected chi connectivity index (χ4v) is 3.11. The van der Waals surface area contributed by atoms with E-state index in [0.29, 0.717) is 31.3 Å². The van der Waals surface area contributed by atoms with Crippen molar-refractivity contribution in [2.45, 2.75) is 53.1 Å². The molecule has 0 spiro atoms. The topological polar surface area (TPSA) is 60.5 Å². The molecule has 0 fully saturated rings. The van der Waals surface area contributed by atoms with Crippen molar-refractivity contribution in [2.75, 3.05) is 18.5 Å². The standard InChI is InChI=1S/C21H30N2O3/c1-6-13-26-21(5,14-15(3)4)20(24)23-17-10-11-18(25-7-2)19-16(17)9-8-12-22-19/h8-12,15H,6-7,13-14H2,1-5H3,(H,23,24)/t21-/m1/s1. The van der Waals surface area contributed by atoms with E-state index in [9.17, 15) is 4.79 Å². The van der Waals surface area contributed by atoms with Crippen LogP contribution < -0.4 is 10.1 Å². The van der Waals surface area contributed by atoms with Gasteiger partial charge in [-0.2, -0.15) is 0 Å². The van der Waals surface area contributed by atoms with Crippen LogP contribution >= 0.6 is 0 Å². The molecule has 1 aromatic carbocycles. The highest BCUT2D eigenvalue weighted by atomic mass is 16.5. The molecule has 1 amide bonds. The predicted molar refractivity (Wildman–Crippen MR) is 106 cm³/mol. The third-order valence-electron chi connectivity index (χ3n) is 4.18. The molecular weight excluding hydrogens is 328 g/mol. The van der Waals surface area contributed by atoms with E-state index in [-0.39, 0.29) is 5.91 Å². The molecule has 2 aromatic rings. The quantitative estimate of drug-likeness (QED) is 0.699. The monoisotopic (exact) mass is 358 g/mol. The van der Waals surface area contributed by atoms with E-state index in [4.69, 9.17) is 9.47 Å². The second kappa shape index (κ2) is 8.99. The lowest BCUT2D eigenvalue weighted by Crippen LogP contribution is -2.44. The molecule has 142 valence electrons. The number of aromatic nitrogens is 1. The summed E-state index contributed by atoms with van der Waals surface area (Å²) < 4.78 is 11.6. The normalized spacial score (nSPS) is 13.6. The van der Waals surface area contributed by atoms with E-state index in [2.05, 4.69) is 24.1 Å². The first-order valence-corrected chi connectivity index (χ1v) is 9.37. The Labute approximate surface area is 156 Å². The van der Waals surface area contributed by atoms with Crippen molar-refractivity contribution < 1.29 is 14.3 Å². The van der Waals surface area contributed by atoms with Gasteiger partial charge in [0.05, 0.1) is 12.3 Å². The average molecular weight is 358 g/mol. The number of amides is 1. The van der Waals surface area contributed by atoms with Crippen LogP contribution in [0.1, 0.15) is 47.5 Å². The number of hydrogen-bond acceptors (Lipinski definition) is 4. The first kappa shape index (κ1) is 20.2. The van der Waals surface area contributed by atoms with Crippen molar-refractivity contribution >= 4 is 22.5 Å². The molecule has 26 heavy (non-hydrogen) atoms. The number of pyridine rings is 1. The summed E-state index contributed by atoms with van der Waals surface area (Å²) in [6.07, 6.45) is 3.26. The maximum absolute atomic E-state index is 13.0. The highest BCUT2D eigenvalue weighted by Gasteiger charge is 2.35. The summed E-state index contributed by atoms with van der Waals surface area (Å²) in [4.78, 5) is 17.5. The van der Waals surface area contributed by atoms with Gasteiger partial charge in [0.25, 0.3) is 5.91 Å². The van der Waals surface area contributed by atoms with Gasteiger partial charge in [0.2, 0.25) is 0 Å². The number of carbonyl (C=O) groups excluding carboxylic acids is 1. The van der Waals surface area contributed by atoms with Gasteiger partial charge in [0.1, 0.15) is 16.9 Å². The average Bonchev–Trinajstić information content (AvgIpc) is 2.61. The Morgan fingerprint density at radius 3 is 2.69 bits per heavy atom. The van der Waals surface area contributed by atoms with Crippen LogP contribution in [0.5, 0.6) is 5.75 Å². The van der Waals surface area contributed by atoms with Crippen LogP contribution in [-0.2, 0) is 9.53 Å². The van der Waals surface area contributed by atoms with Gasteiger partial charge in [-0.15, -0.1) is 0 Å². The summed E-state index contributed by atoms with van der Waals surface area (Å²) in [6, 6.07) is 7.51. The Hall–Kier alpha value is -2.14. The lowest BCUT2D eigenvalue weighted by atomic mass is 9.92. The molecule has 1 heterocycles. The van der Waals surface area contributed by atoms with Gasteiger partial charge >= 0.3 is 0 Å². The molecule has 0 saturated carbocycles. The number of nitrogens with one attached hydrogen (secondary N) is 1. The minimum absolute atomic E-state index is 0.131. The first-order chi connectivity index (χ1) is 12.4. The number of carbonyl (C=O) groups is 1. The SMILES string of the molecule is CCCO[C@](C)(CC(C)C)C(=O)Nc1ccc(OCC)c2ncccc12. The summed E-state index contributed by atoms with van der Waals surface area (Å²) in [5, 5.41) is 3.91. The van der Waals surface area contributed by atoms with Crippen molar-refractivity contribution in [3.8, 4) is 5.75 Å². The molecule has 2 rings (SSSR count). The summed E-state index contributed by atoms with van der Waals surface area (Å²) in [5.74, 6) is 0.934. The number of anilines is 1. The summed E-state index contributed by atoms with van der Waals surface area (Å²) in [7, 11) is 0. The van der Waals surface area contributed by atoms with Crippen LogP contribution in [0.2, 0.25) is 0 Å². The van der Waals surface area contributed by atoms with Crippen LogP contribution in [0, 0.1) is 5.92 Å². The van der Waals surface area contributed by atoms with E-state index in [0.717, 1.165) is 23.0 Å². The maximum Gasteiger partial charge on any atom is 0.256 e. The van der Waals surface area contributed by atoms with E-state index < -0.39 is 5.60 Å². The smallest absolute Gasteiger partial charge is 0.256 e. The molecule has 0 radical (unpaired) electrons. The Balaban J connectivity index is 2.33. The van der Waals surface area contributed by atoms with Crippen molar-refractivity contribution in [1.82, 2.24) is 4.98 Å². The fraction of sp³-hybridized carbons (Fsp3) is 0.524. The lowest BCUT2D eigenvalue weighted by Gasteiger charge is -2.30. The van der Waals surface area contributed by atoms with Gasteiger partial charge in [-0.05, 0) is 56.9 Å². The molecule has 1 N–H and O–H groups in total. The summed E-state index contributed by atoms with van der Waals surface area (Å²) >= 11 is 0. The van der Waals surface area contributed by atoms with Gasteiger partial charge < -0.3 is 14.8 Å². The highest BCUT2D eigenvalue weighted by Crippen LogP contribution is 2.31. The zero-order valence-corrected chi connectivity index (χ0v) is 16.5. The van der Waals surface area contributed by atoms with E-state index in [1.165, 1.54) is 0 Å². The molecule has 1 atom stereocenters. The highest BCUT2D eigenvalue weighted by molar-refractivity contribution is 6.05. The molecule has 1 aromatic heterocycles. The Morgan fingerprint density at radius 1 is 1.27 bits per heavy atom. The number of benzene rings is 1. The van der Waals surface area contributed by atoms with Crippen LogP contribution in [-0.4, -0.2) is 29.7 Å².